The molecule has 4 aromatic heterocycles. The number of hydrogen-bond acceptors (Lipinski definition) is 5. The molecular weight excluding hydrogens is 860 g/mol. The monoisotopic (exact) mass is 895 g/mol. The maximum Gasteiger partial charge on any atom is 2.00 e. The Labute approximate surface area is 333 Å². The normalized spacial score (nSPS) is 14.1. The molecule has 0 unspecified atom stereocenters. The van der Waals surface area contributed by atoms with Gasteiger partial charge in [-0.1, -0.05) is 123 Å². The first-order valence-electron chi connectivity index (χ1n) is 18.6. The van der Waals surface area contributed by atoms with E-state index in [4.69, 9.17) is 23.5 Å². The number of ether oxygens (including phenoxy) is 1. The first-order chi connectivity index (χ1) is 26.0. The summed E-state index contributed by atoms with van der Waals surface area (Å²) in [6.45, 7) is 13.5. The third-order valence-corrected chi connectivity index (χ3v) is 11.4. The molecule has 2 aliphatic heterocycles. The summed E-state index contributed by atoms with van der Waals surface area (Å²) in [5.41, 5.74) is 11.3. The van der Waals surface area contributed by atoms with Crippen LogP contribution in [0.25, 0.3) is 66.4 Å². The van der Waals surface area contributed by atoms with Crippen LogP contribution in [0.5, 0.6) is 11.5 Å². The predicted molar refractivity (Wildman–Crippen MR) is 214 cm³/mol. The maximum atomic E-state index is 6.86. The van der Waals surface area contributed by atoms with Gasteiger partial charge >= 0.3 is 21.1 Å². The second-order valence-corrected chi connectivity index (χ2v) is 16.8. The molecule has 55 heavy (non-hydrogen) atoms. The molecule has 6 heterocycles. The Bertz CT molecular complexity index is 2860. The van der Waals surface area contributed by atoms with Crippen LogP contribution in [-0.4, -0.2) is 9.97 Å². The molecule has 6 heteroatoms. The summed E-state index contributed by atoms with van der Waals surface area (Å²) in [6.07, 6.45) is 0. The fourth-order valence-electron chi connectivity index (χ4n) is 8.56. The van der Waals surface area contributed by atoms with Gasteiger partial charge in [-0.15, -0.1) is 24.3 Å². The Morgan fingerprint density at radius 2 is 0.945 bits per heavy atom. The first-order valence-corrected chi connectivity index (χ1v) is 18.6. The smallest absolute Gasteiger partial charge is 0.500 e. The number of hydrogen-bond donors (Lipinski definition) is 0. The van der Waals surface area contributed by atoms with E-state index >= 15 is 0 Å². The van der Waals surface area contributed by atoms with Crippen LogP contribution in [0.3, 0.4) is 0 Å². The van der Waals surface area contributed by atoms with Gasteiger partial charge in [0, 0.05) is 22.5 Å². The fraction of sp³-hybridized carbons (Fsp3) is 0.184. The summed E-state index contributed by atoms with van der Waals surface area (Å²) in [6, 6.07) is 45.5. The molecule has 0 radical (unpaired) electrons. The van der Waals surface area contributed by atoms with E-state index < -0.39 is 5.41 Å². The molecule has 8 bridgehead atoms. The minimum absolute atomic E-state index is 0. The van der Waals surface area contributed by atoms with E-state index in [0.717, 1.165) is 100 Å². The second-order valence-electron chi connectivity index (χ2n) is 16.8. The number of furan rings is 2. The van der Waals surface area contributed by atoms with Crippen LogP contribution < -0.4 is 4.74 Å². The Balaban J connectivity index is 0.00000372. The molecule has 0 amide bonds. The molecule has 0 aliphatic carbocycles. The Morgan fingerprint density at radius 1 is 0.509 bits per heavy atom. The van der Waals surface area contributed by atoms with Gasteiger partial charge in [0.2, 0.25) is 0 Å². The summed E-state index contributed by atoms with van der Waals surface area (Å²) < 4.78 is 19.7. The van der Waals surface area contributed by atoms with Crippen LogP contribution in [0.4, 0.5) is 0 Å². The number of aromatic nitrogens is 2. The Morgan fingerprint density at radius 3 is 1.38 bits per heavy atom. The van der Waals surface area contributed by atoms with E-state index in [1.165, 1.54) is 11.1 Å². The third kappa shape index (κ3) is 4.82. The zero-order chi connectivity index (χ0) is 36.7. The van der Waals surface area contributed by atoms with Crippen molar-refractivity contribution in [2.45, 2.75) is 57.8 Å². The van der Waals surface area contributed by atoms with Crippen LogP contribution in [0.1, 0.15) is 75.2 Å². The molecule has 11 rings (SSSR count). The average molecular weight is 896 g/mol. The molecule has 270 valence electrons. The van der Waals surface area contributed by atoms with Crippen molar-refractivity contribution in [3.05, 3.63) is 155 Å². The molecule has 0 N–H and O–H groups in total. The summed E-state index contributed by atoms with van der Waals surface area (Å²) in [5.74, 6) is 1.57. The summed E-state index contributed by atoms with van der Waals surface area (Å²) in [7, 11) is 0. The van der Waals surface area contributed by atoms with E-state index in [9.17, 15) is 0 Å². The maximum absolute atomic E-state index is 6.86. The Kier molecular flexibility index (Phi) is 7.12. The zero-order valence-corrected chi connectivity index (χ0v) is 33.6. The van der Waals surface area contributed by atoms with Gasteiger partial charge in [0.25, 0.3) is 0 Å². The van der Waals surface area contributed by atoms with Crippen molar-refractivity contribution < 1.29 is 34.6 Å². The minimum atomic E-state index is -0.958. The van der Waals surface area contributed by atoms with E-state index in [1.807, 2.05) is 24.3 Å². The van der Waals surface area contributed by atoms with Gasteiger partial charge in [-0.05, 0) is 70.5 Å². The van der Waals surface area contributed by atoms with Crippen molar-refractivity contribution in [1.29, 1.82) is 0 Å². The largest absolute Gasteiger partial charge is 2.00 e. The SMILES string of the molecule is CC(C)(C)c1ccc2c(c1)C1(c3cccc(n3)-c3[c-]c4c(cc3)oc3ccc5oc6ccc([c-]c6c5c34)-c3cccc1n3)c1cc(C(C)(C)C)ccc1O2.[Pt+2]. The molecule has 0 fully saturated rings. The predicted octanol–water partition coefficient (Wildman–Crippen LogP) is 12.6. The van der Waals surface area contributed by atoms with Gasteiger partial charge in [0.1, 0.15) is 16.9 Å². The van der Waals surface area contributed by atoms with Crippen LogP contribution >= 0.6 is 0 Å². The van der Waals surface area contributed by atoms with Crippen LogP contribution in [0.15, 0.2) is 118 Å². The topological polar surface area (TPSA) is 61.3 Å². The van der Waals surface area contributed by atoms with E-state index in [0.29, 0.717) is 0 Å². The number of benzene rings is 5. The molecule has 5 aromatic carbocycles. The van der Waals surface area contributed by atoms with Crippen molar-refractivity contribution in [2.75, 3.05) is 0 Å². The van der Waals surface area contributed by atoms with Gasteiger partial charge in [-0.2, -0.15) is 0 Å². The van der Waals surface area contributed by atoms with Gasteiger partial charge in [0.05, 0.1) is 33.7 Å². The number of rotatable bonds is 0. The molecule has 9 aromatic rings. The van der Waals surface area contributed by atoms with Crippen LogP contribution in [-0.2, 0) is 37.3 Å². The third-order valence-electron chi connectivity index (χ3n) is 11.4. The number of nitrogens with zero attached hydrogens (tertiary/aromatic N) is 2. The van der Waals surface area contributed by atoms with Crippen molar-refractivity contribution >= 4 is 43.9 Å². The molecule has 5 nitrogen and oxygen atoms in total. The van der Waals surface area contributed by atoms with E-state index in [-0.39, 0.29) is 31.9 Å². The summed E-state index contributed by atoms with van der Waals surface area (Å²) >= 11 is 0. The van der Waals surface area contributed by atoms with Crippen LogP contribution in [0, 0.1) is 12.1 Å². The van der Waals surface area contributed by atoms with E-state index in [2.05, 4.69) is 139 Å². The van der Waals surface area contributed by atoms with Crippen molar-refractivity contribution in [1.82, 2.24) is 9.97 Å². The van der Waals surface area contributed by atoms with E-state index in [1.54, 1.807) is 0 Å². The van der Waals surface area contributed by atoms with Gasteiger partial charge in [-0.3, -0.25) is 9.97 Å². The van der Waals surface area contributed by atoms with Crippen molar-refractivity contribution in [2.24, 2.45) is 0 Å². The van der Waals surface area contributed by atoms with Gasteiger partial charge in [0.15, 0.2) is 0 Å². The minimum Gasteiger partial charge on any atom is -0.500 e. The molecular formula is C49H36N2O3Pt. The molecule has 1 spiro atoms. The molecule has 0 atom stereocenters. The summed E-state index contributed by atoms with van der Waals surface area (Å²) in [4.78, 5) is 11.3. The number of fused-ring (bicyclic) bond motifs is 14. The second kappa shape index (κ2) is 11.5. The molecule has 2 aliphatic rings. The fourth-order valence-corrected chi connectivity index (χ4v) is 8.56. The zero-order valence-electron chi connectivity index (χ0n) is 31.3. The standard InChI is InChI=1S/C49H36N2O3.Pt/c1-47(2,3)29-15-19-39-33(25-29)49(34-26-30(48(4,5)6)16-20-40(34)54-39)43-11-7-9-35(50-43)27-13-17-37-31(23-27)45-41(52-37)21-22-42-46(45)32-24-28(14-18-38(32)53-42)36-10-8-12-44(49)51-36;/h7-22,25-26H,1-6H3;/q-2;+2. The van der Waals surface area contributed by atoms with Crippen LogP contribution in [0.2, 0.25) is 0 Å². The molecule has 0 saturated carbocycles. The molecule has 0 saturated heterocycles. The average Bonchev–Trinajstić information content (AvgIpc) is 3.73. The Hall–Kier alpha value is -5.51. The first kappa shape index (κ1) is 34.0. The quantitative estimate of drug-likeness (QED) is 0.142. The number of pyridine rings is 2. The van der Waals surface area contributed by atoms with Crippen molar-refractivity contribution in [3.63, 3.8) is 0 Å². The van der Waals surface area contributed by atoms with Gasteiger partial charge in [-0.25, -0.2) is 0 Å². The van der Waals surface area contributed by atoms with Crippen molar-refractivity contribution in [3.8, 4) is 34.0 Å². The van der Waals surface area contributed by atoms with Gasteiger partial charge < -0.3 is 13.6 Å². The summed E-state index contributed by atoms with van der Waals surface area (Å²) in [5, 5.41) is 3.68.